The molecular weight excluding hydrogens is 430 g/mol. The number of fused-ring (bicyclic) bond motifs is 1. The highest BCUT2D eigenvalue weighted by Gasteiger charge is 2.29. The molecule has 0 spiro atoms. The van der Waals surface area contributed by atoms with Crippen LogP contribution in [-0.2, 0) is 4.79 Å². The van der Waals surface area contributed by atoms with Crippen LogP contribution >= 0.6 is 11.6 Å². The van der Waals surface area contributed by atoms with Gasteiger partial charge >= 0.3 is 0 Å². The van der Waals surface area contributed by atoms with E-state index < -0.39 is 0 Å². The van der Waals surface area contributed by atoms with Gasteiger partial charge in [0.05, 0.1) is 29.1 Å². The molecule has 0 fully saturated rings. The molecule has 0 bridgehead atoms. The summed E-state index contributed by atoms with van der Waals surface area (Å²) in [4.78, 5) is 26.8. The number of carbonyl (C=O) groups excluding carboxylic acids is 2. The van der Waals surface area contributed by atoms with Crippen molar-refractivity contribution in [1.29, 1.82) is 0 Å². The van der Waals surface area contributed by atoms with Crippen molar-refractivity contribution in [3.05, 3.63) is 82.9 Å². The summed E-state index contributed by atoms with van der Waals surface area (Å²) in [6.45, 7) is -0.214. The van der Waals surface area contributed by atoms with Gasteiger partial charge in [-0.2, -0.15) is 0 Å². The molecule has 0 radical (unpaired) electrons. The first-order valence-corrected chi connectivity index (χ1v) is 10.3. The monoisotopic (exact) mass is 451 g/mol. The van der Waals surface area contributed by atoms with Gasteiger partial charge in [-0.25, -0.2) is 0 Å². The number of methoxy groups -OCH3 is 1. The third-order valence-corrected chi connectivity index (χ3v) is 5.52. The number of rotatable bonds is 6. The van der Waals surface area contributed by atoms with Crippen molar-refractivity contribution < 1.29 is 19.1 Å². The molecule has 1 aliphatic heterocycles. The highest BCUT2D eigenvalue weighted by Crippen LogP contribution is 2.35. The quantitative estimate of drug-likeness (QED) is 0.585. The number of para-hydroxylation sites is 2. The lowest BCUT2D eigenvalue weighted by Gasteiger charge is -2.36. The molecule has 1 unspecified atom stereocenters. The van der Waals surface area contributed by atoms with Gasteiger partial charge < -0.3 is 25.0 Å². The molecule has 0 aromatic heterocycles. The van der Waals surface area contributed by atoms with E-state index in [-0.39, 0.29) is 24.6 Å². The number of halogens is 1. The lowest BCUT2D eigenvalue weighted by molar-refractivity contribution is -0.118. The number of hydrogen-bond acceptors (Lipinski definition) is 5. The molecule has 2 amide bonds. The van der Waals surface area contributed by atoms with E-state index in [9.17, 15) is 9.59 Å². The van der Waals surface area contributed by atoms with Crippen LogP contribution in [-0.4, -0.2) is 32.6 Å². The van der Waals surface area contributed by atoms with E-state index in [0.717, 1.165) is 11.3 Å². The fourth-order valence-electron chi connectivity index (χ4n) is 3.58. The molecule has 0 saturated carbocycles. The molecule has 32 heavy (non-hydrogen) atoms. The fraction of sp³-hybridized carbons (Fsp3) is 0.167. The Hall–Kier alpha value is -3.71. The molecule has 0 saturated heterocycles. The maximum absolute atomic E-state index is 12.5. The Kier molecular flexibility index (Phi) is 6.18. The molecule has 7 nitrogen and oxygen atoms in total. The van der Waals surface area contributed by atoms with Crippen LogP contribution in [0.15, 0.2) is 66.7 Å². The molecule has 1 heterocycles. The lowest BCUT2D eigenvalue weighted by atomic mass is 10.0. The van der Waals surface area contributed by atoms with Crippen LogP contribution in [0.4, 0.5) is 11.4 Å². The lowest BCUT2D eigenvalue weighted by Crippen LogP contribution is -2.44. The Morgan fingerprint density at radius 2 is 1.84 bits per heavy atom. The van der Waals surface area contributed by atoms with Gasteiger partial charge in [-0.05, 0) is 42.0 Å². The summed E-state index contributed by atoms with van der Waals surface area (Å²) in [6.07, 6.45) is -0.371. The summed E-state index contributed by atoms with van der Waals surface area (Å²) in [5.74, 6) is 0.379. The second kappa shape index (κ2) is 9.20. The van der Waals surface area contributed by atoms with Crippen LogP contribution in [0.5, 0.6) is 11.5 Å². The number of hydrogen-bond donors (Lipinski definition) is 2. The largest absolute Gasteiger partial charge is 0.493 e. The van der Waals surface area contributed by atoms with Crippen molar-refractivity contribution in [2.75, 3.05) is 31.0 Å². The van der Waals surface area contributed by atoms with Crippen molar-refractivity contribution in [3.63, 3.8) is 0 Å². The van der Waals surface area contributed by atoms with E-state index in [1.54, 1.807) is 42.5 Å². The fourth-order valence-corrected chi connectivity index (χ4v) is 3.77. The molecule has 164 valence electrons. The number of ether oxygens (including phenoxy) is 2. The first kappa shape index (κ1) is 21.5. The maximum Gasteiger partial charge on any atom is 0.262 e. The minimum Gasteiger partial charge on any atom is -0.493 e. The molecule has 0 aliphatic carbocycles. The Balaban J connectivity index is 1.48. The summed E-state index contributed by atoms with van der Waals surface area (Å²) in [7, 11) is 3.44. The molecular formula is C24H22ClN3O4. The average Bonchev–Trinajstić information content (AvgIpc) is 2.81. The molecule has 2 N–H and O–H groups in total. The zero-order valence-electron chi connectivity index (χ0n) is 17.6. The Morgan fingerprint density at radius 3 is 2.62 bits per heavy atom. The predicted molar refractivity (Wildman–Crippen MR) is 124 cm³/mol. The van der Waals surface area contributed by atoms with Gasteiger partial charge in [0.25, 0.3) is 11.8 Å². The number of nitrogens with one attached hydrogen (secondary N) is 2. The smallest absolute Gasteiger partial charge is 0.262 e. The topological polar surface area (TPSA) is 79.9 Å². The van der Waals surface area contributed by atoms with Crippen molar-refractivity contribution in [1.82, 2.24) is 5.32 Å². The van der Waals surface area contributed by atoms with E-state index in [0.29, 0.717) is 27.8 Å². The van der Waals surface area contributed by atoms with Gasteiger partial charge in [-0.15, -0.1) is 0 Å². The van der Waals surface area contributed by atoms with Gasteiger partial charge in [-0.3, -0.25) is 9.59 Å². The van der Waals surface area contributed by atoms with E-state index in [4.69, 9.17) is 21.1 Å². The van der Waals surface area contributed by atoms with Gasteiger partial charge in [0.1, 0.15) is 6.17 Å². The molecule has 1 atom stereocenters. The van der Waals surface area contributed by atoms with E-state index >= 15 is 0 Å². The SMILES string of the molecule is COc1cc(C2NC(=O)c3ccccc3N2C)ccc1OCC(=O)Nc1ccccc1Cl. The molecule has 8 heteroatoms. The summed E-state index contributed by atoms with van der Waals surface area (Å²) < 4.78 is 11.1. The Bertz CT molecular complexity index is 1170. The molecule has 1 aliphatic rings. The summed E-state index contributed by atoms with van der Waals surface area (Å²) >= 11 is 6.07. The molecule has 3 aromatic rings. The molecule has 3 aromatic carbocycles. The number of nitrogens with zero attached hydrogens (tertiary/aromatic N) is 1. The van der Waals surface area contributed by atoms with Crippen LogP contribution in [0, 0.1) is 0 Å². The first-order chi connectivity index (χ1) is 15.5. The summed E-state index contributed by atoms with van der Waals surface area (Å²) in [6, 6.07) is 19.8. The van der Waals surface area contributed by atoms with Crippen LogP contribution in [0.3, 0.4) is 0 Å². The number of benzene rings is 3. The normalized spacial score (nSPS) is 14.9. The van der Waals surface area contributed by atoms with E-state index in [2.05, 4.69) is 10.6 Å². The highest BCUT2D eigenvalue weighted by atomic mass is 35.5. The number of amides is 2. The van der Waals surface area contributed by atoms with E-state index in [1.165, 1.54) is 7.11 Å². The van der Waals surface area contributed by atoms with Gasteiger partial charge in [0.15, 0.2) is 18.1 Å². The number of carbonyl (C=O) groups is 2. The standard InChI is InChI=1S/C24H22ClN3O4/c1-28-19-10-6-3-7-16(19)24(30)27-23(28)15-11-12-20(21(13-15)31-2)32-14-22(29)26-18-9-5-4-8-17(18)25/h3-13,23H,14H2,1-2H3,(H,26,29)(H,27,30). The Labute approximate surface area is 190 Å². The predicted octanol–water partition coefficient (Wildman–Crippen LogP) is 4.24. The minimum atomic E-state index is -0.371. The second-order valence-electron chi connectivity index (χ2n) is 7.23. The third-order valence-electron chi connectivity index (χ3n) is 5.19. The molecule has 4 rings (SSSR count). The van der Waals surface area contributed by atoms with Crippen molar-refractivity contribution in [3.8, 4) is 11.5 Å². The van der Waals surface area contributed by atoms with Gasteiger partial charge in [-0.1, -0.05) is 41.9 Å². The van der Waals surface area contributed by atoms with Crippen molar-refractivity contribution >= 4 is 34.8 Å². The first-order valence-electron chi connectivity index (χ1n) is 9.96. The van der Waals surface area contributed by atoms with Crippen molar-refractivity contribution in [2.24, 2.45) is 0 Å². The zero-order valence-corrected chi connectivity index (χ0v) is 18.3. The van der Waals surface area contributed by atoms with Crippen LogP contribution in [0.2, 0.25) is 5.02 Å². The van der Waals surface area contributed by atoms with Crippen LogP contribution in [0.25, 0.3) is 0 Å². The van der Waals surface area contributed by atoms with E-state index in [1.807, 2.05) is 36.2 Å². The van der Waals surface area contributed by atoms with Gasteiger partial charge in [0, 0.05) is 7.05 Å². The van der Waals surface area contributed by atoms with Crippen LogP contribution in [0.1, 0.15) is 22.1 Å². The zero-order chi connectivity index (χ0) is 22.7. The minimum absolute atomic E-state index is 0.140. The van der Waals surface area contributed by atoms with Gasteiger partial charge in [0.2, 0.25) is 0 Å². The summed E-state index contributed by atoms with van der Waals surface area (Å²) in [5.41, 5.74) is 2.81. The van der Waals surface area contributed by atoms with Crippen molar-refractivity contribution in [2.45, 2.75) is 6.17 Å². The second-order valence-corrected chi connectivity index (χ2v) is 7.64. The Morgan fingerprint density at radius 1 is 1.09 bits per heavy atom. The average molecular weight is 452 g/mol. The van der Waals surface area contributed by atoms with Crippen LogP contribution < -0.4 is 25.0 Å². The third kappa shape index (κ3) is 4.33. The highest BCUT2D eigenvalue weighted by molar-refractivity contribution is 6.33. The number of anilines is 2. The maximum atomic E-state index is 12.5. The summed E-state index contributed by atoms with van der Waals surface area (Å²) in [5, 5.41) is 6.16.